The predicted octanol–water partition coefficient (Wildman–Crippen LogP) is 4.94. The molecule has 3 nitrogen and oxygen atoms in total. The van der Waals surface area contributed by atoms with Gasteiger partial charge in [0.1, 0.15) is 5.75 Å². The van der Waals surface area contributed by atoms with E-state index in [-0.39, 0.29) is 11.9 Å². The molecule has 26 heavy (non-hydrogen) atoms. The molecule has 1 aliphatic rings. The highest BCUT2D eigenvalue weighted by Gasteiger charge is 2.20. The molecule has 0 saturated carbocycles. The third-order valence-corrected chi connectivity index (χ3v) is 5.20. The monoisotopic (exact) mass is 351 g/mol. The lowest BCUT2D eigenvalue weighted by Crippen LogP contribution is -2.38. The molecule has 0 fully saturated rings. The minimum absolute atomic E-state index is 0.0280. The molecule has 1 amide bonds. The summed E-state index contributed by atoms with van der Waals surface area (Å²) in [6.07, 6.45) is 3.03. The summed E-state index contributed by atoms with van der Waals surface area (Å²) >= 11 is 0. The van der Waals surface area contributed by atoms with Crippen molar-refractivity contribution in [2.24, 2.45) is 0 Å². The molecule has 2 atom stereocenters. The van der Waals surface area contributed by atoms with Crippen LogP contribution in [-0.4, -0.2) is 12.0 Å². The van der Waals surface area contributed by atoms with Crippen LogP contribution in [0.1, 0.15) is 68.3 Å². The molecular weight excluding hydrogens is 322 g/mol. The first kappa shape index (κ1) is 18.5. The number of rotatable bonds is 6. The predicted molar refractivity (Wildman–Crippen MR) is 106 cm³/mol. The highest BCUT2D eigenvalue weighted by atomic mass is 16.5. The quantitative estimate of drug-likeness (QED) is 0.800. The second-order valence-corrected chi connectivity index (χ2v) is 7.56. The largest absolute Gasteiger partial charge is 0.481 e. The van der Waals surface area contributed by atoms with Gasteiger partial charge < -0.3 is 10.1 Å². The van der Waals surface area contributed by atoms with E-state index in [0.717, 1.165) is 23.3 Å². The van der Waals surface area contributed by atoms with Crippen LogP contribution >= 0.6 is 0 Å². The van der Waals surface area contributed by atoms with Crippen LogP contribution < -0.4 is 10.1 Å². The first-order valence-electron chi connectivity index (χ1n) is 9.63. The number of hydrogen-bond donors (Lipinski definition) is 1. The van der Waals surface area contributed by atoms with Crippen molar-refractivity contribution >= 4 is 5.91 Å². The van der Waals surface area contributed by atoms with Gasteiger partial charge in [-0.1, -0.05) is 50.2 Å². The number of carbonyl (C=O) groups excluding carboxylic acids is 1. The van der Waals surface area contributed by atoms with Crippen LogP contribution in [0.3, 0.4) is 0 Å². The maximum absolute atomic E-state index is 12.6. The Kier molecular flexibility index (Phi) is 5.65. The first-order chi connectivity index (χ1) is 12.5. The zero-order chi connectivity index (χ0) is 18.7. The number of fused-ring (bicyclic) bond motifs is 1. The van der Waals surface area contributed by atoms with E-state index in [2.05, 4.69) is 43.4 Å². The van der Waals surface area contributed by atoms with Crippen molar-refractivity contribution in [2.45, 2.75) is 65.0 Å². The summed E-state index contributed by atoms with van der Waals surface area (Å²) in [5.74, 6) is 1.05. The van der Waals surface area contributed by atoms with Crippen LogP contribution in [0.4, 0.5) is 0 Å². The molecule has 0 heterocycles. The van der Waals surface area contributed by atoms with Crippen LogP contribution in [0.25, 0.3) is 0 Å². The van der Waals surface area contributed by atoms with Gasteiger partial charge >= 0.3 is 0 Å². The maximum atomic E-state index is 12.6. The van der Waals surface area contributed by atoms with E-state index in [1.807, 2.05) is 32.0 Å². The molecule has 2 aromatic carbocycles. The molecule has 1 N–H and O–H groups in total. The van der Waals surface area contributed by atoms with Crippen LogP contribution in [0.15, 0.2) is 42.5 Å². The van der Waals surface area contributed by atoms with Gasteiger partial charge in [0.05, 0.1) is 6.04 Å². The normalized spacial score (nSPS) is 15.4. The van der Waals surface area contributed by atoms with Crippen LogP contribution in [0.5, 0.6) is 5.75 Å². The lowest BCUT2D eigenvalue weighted by atomic mass is 10.0. The third kappa shape index (κ3) is 4.09. The van der Waals surface area contributed by atoms with Gasteiger partial charge in [0.15, 0.2) is 6.10 Å². The van der Waals surface area contributed by atoms with Gasteiger partial charge in [-0.05, 0) is 67.3 Å². The Hall–Kier alpha value is -2.29. The highest BCUT2D eigenvalue weighted by Crippen LogP contribution is 2.27. The standard InChI is InChI=1S/C23H29NO2/c1-15(2)21-10-5-6-11-22(21)26-17(4)23(25)24-16(3)19-13-12-18-8-7-9-20(18)14-19/h5-6,10-17H,7-9H2,1-4H3,(H,24,25). The number of nitrogens with one attached hydrogen (secondary N) is 1. The fourth-order valence-corrected chi connectivity index (χ4v) is 3.58. The highest BCUT2D eigenvalue weighted by molar-refractivity contribution is 5.81. The lowest BCUT2D eigenvalue weighted by Gasteiger charge is -2.21. The number of carbonyl (C=O) groups is 1. The van der Waals surface area contributed by atoms with Crippen molar-refractivity contribution in [1.29, 1.82) is 0 Å². The number of aryl methyl sites for hydroxylation is 2. The average molecular weight is 351 g/mol. The molecule has 0 saturated heterocycles. The fourth-order valence-electron chi connectivity index (χ4n) is 3.58. The number of benzene rings is 2. The zero-order valence-electron chi connectivity index (χ0n) is 16.2. The maximum Gasteiger partial charge on any atom is 0.261 e. The molecule has 0 spiro atoms. The van der Waals surface area contributed by atoms with Gasteiger partial charge in [-0.2, -0.15) is 0 Å². The van der Waals surface area contributed by atoms with Gasteiger partial charge in [-0.3, -0.25) is 4.79 Å². The van der Waals surface area contributed by atoms with Gasteiger partial charge in [0.25, 0.3) is 5.91 Å². The summed E-state index contributed by atoms with van der Waals surface area (Å²) < 4.78 is 5.97. The van der Waals surface area contributed by atoms with E-state index < -0.39 is 6.10 Å². The van der Waals surface area contributed by atoms with Gasteiger partial charge in [-0.15, -0.1) is 0 Å². The molecule has 0 radical (unpaired) electrons. The summed E-state index contributed by atoms with van der Waals surface area (Å²) in [4.78, 5) is 12.6. The molecule has 2 unspecified atom stereocenters. The number of amides is 1. The van der Waals surface area contributed by atoms with Crippen LogP contribution in [0.2, 0.25) is 0 Å². The minimum Gasteiger partial charge on any atom is -0.481 e. The van der Waals surface area contributed by atoms with Crippen molar-refractivity contribution in [3.8, 4) is 5.75 Å². The SMILES string of the molecule is CC(Oc1ccccc1C(C)C)C(=O)NC(C)c1ccc2c(c1)CCC2. The Bertz CT molecular complexity index is 782. The summed E-state index contributed by atoms with van der Waals surface area (Å²) in [6.45, 7) is 8.09. The zero-order valence-corrected chi connectivity index (χ0v) is 16.2. The van der Waals surface area contributed by atoms with Gasteiger partial charge in [-0.25, -0.2) is 0 Å². The molecule has 0 aliphatic heterocycles. The van der Waals surface area contributed by atoms with E-state index in [9.17, 15) is 4.79 Å². The lowest BCUT2D eigenvalue weighted by molar-refractivity contribution is -0.127. The van der Waals surface area contributed by atoms with Gasteiger partial charge in [0, 0.05) is 0 Å². The fraction of sp³-hybridized carbons (Fsp3) is 0.435. The van der Waals surface area contributed by atoms with Crippen molar-refractivity contribution in [3.05, 3.63) is 64.7 Å². The molecule has 0 aromatic heterocycles. The second-order valence-electron chi connectivity index (χ2n) is 7.56. The second kappa shape index (κ2) is 7.94. The first-order valence-corrected chi connectivity index (χ1v) is 9.63. The smallest absolute Gasteiger partial charge is 0.261 e. The molecule has 0 bridgehead atoms. The van der Waals surface area contributed by atoms with Crippen molar-refractivity contribution in [2.75, 3.05) is 0 Å². The molecule has 3 heteroatoms. The Morgan fingerprint density at radius 1 is 1.00 bits per heavy atom. The van der Waals surface area contributed by atoms with E-state index in [1.54, 1.807) is 0 Å². The third-order valence-electron chi connectivity index (χ3n) is 5.20. The van der Waals surface area contributed by atoms with Gasteiger partial charge in [0.2, 0.25) is 0 Å². The summed E-state index contributed by atoms with van der Waals surface area (Å²) in [7, 11) is 0. The molecule has 2 aromatic rings. The number of para-hydroxylation sites is 1. The Labute approximate surface area is 156 Å². The van der Waals surface area contributed by atoms with Crippen LogP contribution in [0, 0.1) is 0 Å². The molecular formula is C23H29NO2. The Balaban J connectivity index is 1.64. The molecule has 1 aliphatic carbocycles. The van der Waals surface area contributed by atoms with E-state index >= 15 is 0 Å². The Morgan fingerprint density at radius 3 is 2.50 bits per heavy atom. The van der Waals surface area contributed by atoms with Crippen LogP contribution in [-0.2, 0) is 17.6 Å². The average Bonchev–Trinajstić information content (AvgIpc) is 3.09. The van der Waals surface area contributed by atoms with Crippen molar-refractivity contribution in [3.63, 3.8) is 0 Å². The number of hydrogen-bond acceptors (Lipinski definition) is 2. The Morgan fingerprint density at radius 2 is 1.73 bits per heavy atom. The van der Waals surface area contributed by atoms with Crippen molar-refractivity contribution < 1.29 is 9.53 Å². The van der Waals surface area contributed by atoms with E-state index in [4.69, 9.17) is 4.74 Å². The number of ether oxygens (including phenoxy) is 1. The van der Waals surface area contributed by atoms with E-state index in [1.165, 1.54) is 24.0 Å². The van der Waals surface area contributed by atoms with E-state index in [0.29, 0.717) is 5.92 Å². The molecule has 3 rings (SSSR count). The summed E-state index contributed by atoms with van der Waals surface area (Å²) in [6, 6.07) is 14.5. The summed E-state index contributed by atoms with van der Waals surface area (Å²) in [5.41, 5.74) is 5.17. The topological polar surface area (TPSA) is 38.3 Å². The van der Waals surface area contributed by atoms with Crippen molar-refractivity contribution in [1.82, 2.24) is 5.32 Å². The molecule has 138 valence electrons. The minimum atomic E-state index is -0.535. The summed E-state index contributed by atoms with van der Waals surface area (Å²) in [5, 5.41) is 3.09.